The number of halogens is 1. The lowest BCUT2D eigenvalue weighted by Crippen LogP contribution is -2.37. The quantitative estimate of drug-likeness (QED) is 0.407. The van der Waals surface area contributed by atoms with E-state index in [-0.39, 0.29) is 29.7 Å². The minimum atomic E-state index is -0.383. The number of hydrogen-bond donors (Lipinski definition) is 0. The van der Waals surface area contributed by atoms with Crippen LogP contribution in [-0.4, -0.2) is 23.7 Å². The molecule has 0 saturated carbocycles. The zero-order chi connectivity index (χ0) is 8.01. The van der Waals surface area contributed by atoms with Crippen LogP contribution in [0.2, 0.25) is 0 Å². The van der Waals surface area contributed by atoms with Crippen molar-refractivity contribution in [3.05, 3.63) is 0 Å². The monoisotopic (exact) mass is 176 g/mol. The SMILES string of the molecule is CC1C(=O)OC2CC(Cl)C1O2. The lowest BCUT2D eigenvalue weighted by atomic mass is 10.0. The normalized spacial score (nSPS) is 49.1. The van der Waals surface area contributed by atoms with Crippen LogP contribution in [0.5, 0.6) is 0 Å². The Hall–Kier alpha value is -0.280. The molecule has 0 amide bonds. The second-order valence-corrected chi connectivity index (χ2v) is 3.57. The van der Waals surface area contributed by atoms with Crippen molar-refractivity contribution in [3.8, 4) is 0 Å². The van der Waals surface area contributed by atoms with E-state index < -0.39 is 0 Å². The maximum absolute atomic E-state index is 11.0. The Kier molecular flexibility index (Phi) is 1.58. The summed E-state index contributed by atoms with van der Waals surface area (Å²) in [6, 6.07) is 0. The van der Waals surface area contributed by atoms with Crippen LogP contribution in [0.3, 0.4) is 0 Å². The van der Waals surface area contributed by atoms with Gasteiger partial charge in [0.2, 0.25) is 6.29 Å². The molecule has 2 rings (SSSR count). The highest BCUT2D eigenvalue weighted by atomic mass is 35.5. The van der Waals surface area contributed by atoms with Crippen molar-refractivity contribution in [1.82, 2.24) is 0 Å². The molecule has 0 radical (unpaired) electrons. The Bertz CT molecular complexity index is 194. The molecule has 0 N–H and O–H groups in total. The van der Waals surface area contributed by atoms with Crippen molar-refractivity contribution in [2.75, 3.05) is 0 Å². The minimum absolute atomic E-state index is 0.0681. The fourth-order valence-electron chi connectivity index (χ4n) is 1.51. The summed E-state index contributed by atoms with van der Waals surface area (Å²) in [5.74, 6) is -0.398. The van der Waals surface area contributed by atoms with E-state index in [2.05, 4.69) is 0 Å². The first kappa shape index (κ1) is 7.37. The van der Waals surface area contributed by atoms with Crippen LogP contribution in [0.15, 0.2) is 0 Å². The fraction of sp³-hybridized carbons (Fsp3) is 0.857. The second-order valence-electron chi connectivity index (χ2n) is 3.01. The molecule has 2 saturated heterocycles. The molecule has 4 unspecified atom stereocenters. The molecular weight excluding hydrogens is 168 g/mol. The first-order valence-electron chi connectivity index (χ1n) is 3.68. The number of esters is 1. The zero-order valence-electron chi connectivity index (χ0n) is 6.12. The van der Waals surface area contributed by atoms with Crippen molar-refractivity contribution >= 4 is 17.6 Å². The third-order valence-electron chi connectivity index (χ3n) is 2.20. The van der Waals surface area contributed by atoms with Crippen molar-refractivity contribution in [1.29, 1.82) is 0 Å². The summed E-state index contributed by atoms with van der Waals surface area (Å²) in [5.41, 5.74) is 0. The van der Waals surface area contributed by atoms with E-state index in [1.54, 1.807) is 6.92 Å². The number of carbonyl (C=O) groups is 1. The van der Waals surface area contributed by atoms with Crippen LogP contribution < -0.4 is 0 Å². The molecule has 2 aliphatic rings. The molecule has 0 aromatic rings. The van der Waals surface area contributed by atoms with Crippen LogP contribution in [0.1, 0.15) is 13.3 Å². The molecule has 0 aromatic heterocycles. The molecule has 2 aliphatic heterocycles. The molecule has 62 valence electrons. The number of fused-ring (bicyclic) bond motifs is 2. The van der Waals surface area contributed by atoms with E-state index in [0.29, 0.717) is 6.42 Å². The predicted octanol–water partition coefficient (Wildman–Crippen LogP) is 0.902. The van der Waals surface area contributed by atoms with E-state index in [4.69, 9.17) is 21.1 Å². The Morgan fingerprint density at radius 2 is 2.36 bits per heavy atom. The lowest BCUT2D eigenvalue weighted by molar-refractivity contribution is -0.206. The van der Waals surface area contributed by atoms with Gasteiger partial charge in [0.1, 0.15) is 0 Å². The van der Waals surface area contributed by atoms with Gasteiger partial charge in [-0.3, -0.25) is 4.79 Å². The Morgan fingerprint density at radius 1 is 1.64 bits per heavy atom. The van der Waals surface area contributed by atoms with Crippen LogP contribution in [0.4, 0.5) is 0 Å². The Labute approximate surface area is 69.6 Å². The predicted molar refractivity (Wildman–Crippen MR) is 38.2 cm³/mol. The van der Waals surface area contributed by atoms with Gasteiger partial charge >= 0.3 is 5.97 Å². The van der Waals surface area contributed by atoms with Crippen molar-refractivity contribution in [3.63, 3.8) is 0 Å². The molecule has 11 heavy (non-hydrogen) atoms. The number of rotatable bonds is 0. The number of ether oxygens (including phenoxy) is 2. The number of carbonyl (C=O) groups excluding carboxylic acids is 1. The average molecular weight is 177 g/mol. The lowest BCUT2D eigenvalue weighted by Gasteiger charge is -2.25. The van der Waals surface area contributed by atoms with E-state index in [1.165, 1.54) is 0 Å². The molecule has 3 nitrogen and oxygen atoms in total. The largest absolute Gasteiger partial charge is 0.435 e. The number of alkyl halides is 1. The zero-order valence-corrected chi connectivity index (χ0v) is 6.88. The van der Waals surface area contributed by atoms with Gasteiger partial charge in [-0.15, -0.1) is 11.6 Å². The van der Waals surface area contributed by atoms with Crippen molar-refractivity contribution in [2.24, 2.45) is 5.92 Å². The molecule has 4 heteroatoms. The summed E-state index contributed by atoms with van der Waals surface area (Å²) in [5, 5.41) is -0.0681. The highest BCUT2D eigenvalue weighted by Crippen LogP contribution is 2.35. The van der Waals surface area contributed by atoms with Crippen LogP contribution in [0, 0.1) is 5.92 Å². The molecule has 4 atom stereocenters. The molecule has 0 spiro atoms. The van der Waals surface area contributed by atoms with Crippen LogP contribution >= 0.6 is 11.6 Å². The van der Waals surface area contributed by atoms with Gasteiger partial charge in [0, 0.05) is 6.42 Å². The van der Waals surface area contributed by atoms with Crippen molar-refractivity contribution in [2.45, 2.75) is 31.1 Å². The maximum Gasteiger partial charge on any atom is 0.313 e. The summed E-state index contributed by atoms with van der Waals surface area (Å²) < 4.78 is 10.2. The van der Waals surface area contributed by atoms with Gasteiger partial charge in [0.15, 0.2) is 0 Å². The van der Waals surface area contributed by atoms with E-state index in [1.807, 2.05) is 0 Å². The third-order valence-corrected chi connectivity index (χ3v) is 2.62. The smallest absolute Gasteiger partial charge is 0.313 e. The van der Waals surface area contributed by atoms with Gasteiger partial charge in [-0.05, 0) is 6.92 Å². The minimum Gasteiger partial charge on any atom is -0.435 e. The standard InChI is InChI=1S/C7H9ClO3/c1-3-6-4(8)2-5(10-6)11-7(3)9/h3-6H,2H2,1H3. The highest BCUT2D eigenvalue weighted by Gasteiger charge is 2.46. The summed E-state index contributed by atoms with van der Waals surface area (Å²) in [7, 11) is 0. The topological polar surface area (TPSA) is 35.5 Å². The molecule has 2 heterocycles. The first-order valence-corrected chi connectivity index (χ1v) is 4.12. The van der Waals surface area contributed by atoms with Gasteiger partial charge < -0.3 is 9.47 Å². The fourth-order valence-corrected chi connectivity index (χ4v) is 1.94. The van der Waals surface area contributed by atoms with Crippen LogP contribution in [-0.2, 0) is 14.3 Å². The molecular formula is C7H9ClO3. The molecule has 2 bridgehead atoms. The molecule has 2 fully saturated rings. The Balaban J connectivity index is 2.20. The van der Waals surface area contributed by atoms with Gasteiger partial charge in [-0.2, -0.15) is 0 Å². The highest BCUT2D eigenvalue weighted by molar-refractivity contribution is 6.21. The first-order chi connectivity index (χ1) is 5.18. The van der Waals surface area contributed by atoms with Crippen molar-refractivity contribution < 1.29 is 14.3 Å². The molecule has 0 aromatic carbocycles. The van der Waals surface area contributed by atoms with Gasteiger partial charge in [0.25, 0.3) is 0 Å². The number of hydrogen-bond acceptors (Lipinski definition) is 3. The summed E-state index contributed by atoms with van der Waals surface area (Å²) in [4.78, 5) is 11.0. The van der Waals surface area contributed by atoms with E-state index in [0.717, 1.165) is 0 Å². The summed E-state index contributed by atoms with van der Waals surface area (Å²) >= 11 is 5.92. The second kappa shape index (κ2) is 2.35. The summed E-state index contributed by atoms with van der Waals surface area (Å²) in [6.07, 6.45) is 0.108. The molecule has 0 aliphatic carbocycles. The van der Waals surface area contributed by atoms with E-state index in [9.17, 15) is 4.79 Å². The Morgan fingerprint density at radius 3 is 3.09 bits per heavy atom. The van der Waals surface area contributed by atoms with Crippen LogP contribution in [0.25, 0.3) is 0 Å². The van der Waals surface area contributed by atoms with Gasteiger partial charge in [-0.1, -0.05) is 0 Å². The van der Waals surface area contributed by atoms with Gasteiger partial charge in [-0.25, -0.2) is 0 Å². The summed E-state index contributed by atoms with van der Waals surface area (Å²) in [6.45, 7) is 1.78. The average Bonchev–Trinajstić information content (AvgIpc) is 2.24. The van der Waals surface area contributed by atoms with Gasteiger partial charge in [0.05, 0.1) is 17.4 Å². The maximum atomic E-state index is 11.0. The van der Waals surface area contributed by atoms with E-state index >= 15 is 0 Å². The third kappa shape index (κ3) is 1.03.